The van der Waals surface area contributed by atoms with E-state index in [1.165, 1.54) is 5.56 Å². The van der Waals surface area contributed by atoms with Crippen molar-refractivity contribution in [3.63, 3.8) is 0 Å². The van der Waals surface area contributed by atoms with E-state index in [1.807, 2.05) is 32.6 Å². The maximum Gasteiger partial charge on any atom is 0.317 e. The monoisotopic (exact) mass is 405 g/mol. The highest BCUT2D eigenvalue weighted by atomic mass is 32.2. The molecule has 2 rings (SSSR count). The Morgan fingerprint density at radius 1 is 1.14 bits per heavy atom. The molecule has 0 spiro atoms. The topological polar surface area (TPSA) is 52.6 Å². The van der Waals surface area contributed by atoms with Crippen LogP contribution >= 0.6 is 11.8 Å². The Bertz CT molecular complexity index is 704. The van der Waals surface area contributed by atoms with Gasteiger partial charge in [0.25, 0.3) is 0 Å². The number of likely N-dealkylation sites (N-methyl/N-ethyl adjacent to an activating group) is 1. The number of thioether (sulfide) groups is 1. The molecule has 1 saturated heterocycles. The fourth-order valence-corrected chi connectivity index (χ4v) is 4.39. The fourth-order valence-electron chi connectivity index (χ4n) is 3.08. The lowest BCUT2D eigenvalue weighted by Gasteiger charge is -2.29. The maximum absolute atomic E-state index is 12.7. The second-order valence-electron chi connectivity index (χ2n) is 9.64. The number of nitrogens with zero attached hydrogens (tertiary/aromatic N) is 2. The molecule has 0 bridgehead atoms. The van der Waals surface area contributed by atoms with E-state index < -0.39 is 0 Å². The predicted molar refractivity (Wildman–Crippen MR) is 118 cm³/mol. The molecular formula is C22H35N3O2S. The highest BCUT2D eigenvalue weighted by Gasteiger charge is 2.38. The molecule has 156 valence electrons. The van der Waals surface area contributed by atoms with E-state index in [9.17, 15) is 9.59 Å². The summed E-state index contributed by atoms with van der Waals surface area (Å²) < 4.78 is 0. The van der Waals surface area contributed by atoms with Gasteiger partial charge < -0.3 is 15.1 Å². The molecule has 0 unspecified atom stereocenters. The first kappa shape index (κ1) is 22.6. The molecule has 1 aliphatic rings. The minimum absolute atomic E-state index is 0.00408. The summed E-state index contributed by atoms with van der Waals surface area (Å²) in [7, 11) is 1.77. The van der Waals surface area contributed by atoms with Crippen LogP contribution in [0, 0.1) is 0 Å². The van der Waals surface area contributed by atoms with Crippen LogP contribution in [0.5, 0.6) is 0 Å². The Hall–Kier alpha value is -1.69. The van der Waals surface area contributed by atoms with Gasteiger partial charge >= 0.3 is 6.03 Å². The van der Waals surface area contributed by atoms with E-state index in [0.717, 1.165) is 5.56 Å². The second kappa shape index (κ2) is 8.36. The molecule has 3 amide bonds. The SMILES string of the molecule is C[C@@H]1S[C@@H](c2ccc(C(C)(C)C)cc2)N(CCN(C)C(=O)NC(C)(C)C)C1=O. The highest BCUT2D eigenvalue weighted by Crippen LogP contribution is 2.43. The largest absolute Gasteiger partial charge is 0.333 e. The Morgan fingerprint density at radius 2 is 1.71 bits per heavy atom. The van der Waals surface area contributed by atoms with Crippen LogP contribution in [-0.2, 0) is 10.2 Å². The normalized spacial score (nSPS) is 20.4. The fraction of sp³-hybridized carbons (Fsp3) is 0.636. The Kier molecular flexibility index (Phi) is 6.74. The molecular weight excluding hydrogens is 370 g/mol. The summed E-state index contributed by atoms with van der Waals surface area (Å²) in [6.07, 6.45) is 0. The molecule has 28 heavy (non-hydrogen) atoms. The lowest BCUT2D eigenvalue weighted by Crippen LogP contribution is -2.49. The van der Waals surface area contributed by atoms with Crippen LogP contribution in [0.25, 0.3) is 0 Å². The van der Waals surface area contributed by atoms with Gasteiger partial charge in [-0.3, -0.25) is 4.79 Å². The zero-order chi connectivity index (χ0) is 21.3. The molecule has 1 aromatic rings. The van der Waals surface area contributed by atoms with E-state index in [1.54, 1.807) is 23.7 Å². The lowest BCUT2D eigenvalue weighted by molar-refractivity contribution is -0.129. The molecule has 2 atom stereocenters. The van der Waals surface area contributed by atoms with Crippen LogP contribution in [0.4, 0.5) is 4.79 Å². The zero-order valence-corrected chi connectivity index (χ0v) is 19.3. The molecule has 1 N–H and O–H groups in total. The zero-order valence-electron chi connectivity index (χ0n) is 18.5. The number of carbonyl (C=O) groups is 2. The Labute approximate surface area is 174 Å². The van der Waals surface area contributed by atoms with Gasteiger partial charge in [-0.1, -0.05) is 45.0 Å². The molecule has 0 aliphatic carbocycles. The first-order chi connectivity index (χ1) is 12.8. The molecule has 1 fully saturated rings. The summed E-state index contributed by atoms with van der Waals surface area (Å²) in [4.78, 5) is 28.6. The summed E-state index contributed by atoms with van der Waals surface area (Å²) in [6, 6.07) is 8.46. The molecule has 0 saturated carbocycles. The summed E-state index contributed by atoms with van der Waals surface area (Å²) in [5, 5.41) is 2.88. The molecule has 1 aromatic carbocycles. The van der Waals surface area contributed by atoms with Crippen molar-refractivity contribution in [2.45, 2.75) is 70.0 Å². The van der Waals surface area contributed by atoms with Crippen molar-refractivity contribution < 1.29 is 9.59 Å². The van der Waals surface area contributed by atoms with E-state index in [4.69, 9.17) is 0 Å². The third-order valence-electron chi connectivity index (χ3n) is 4.81. The summed E-state index contributed by atoms with van der Waals surface area (Å²) >= 11 is 1.68. The number of benzene rings is 1. The van der Waals surface area contributed by atoms with Gasteiger partial charge in [-0.25, -0.2) is 4.79 Å². The standard InChI is InChI=1S/C22H35N3O2S/c1-15-18(26)25(14-13-24(8)20(27)23-22(5,6)7)19(28-15)16-9-11-17(12-10-16)21(2,3)4/h9-12,15,19H,13-14H2,1-8H3,(H,23,27)/t15-,19-/m0/s1. The summed E-state index contributed by atoms with van der Waals surface area (Å²) in [5.41, 5.74) is 2.24. The molecule has 0 radical (unpaired) electrons. The second-order valence-corrected chi connectivity index (χ2v) is 11.1. The summed E-state index contributed by atoms with van der Waals surface area (Å²) in [5.74, 6) is 0.138. The number of carbonyl (C=O) groups excluding carboxylic acids is 2. The van der Waals surface area contributed by atoms with Crippen LogP contribution in [0.1, 0.15) is 65.0 Å². The minimum atomic E-state index is -0.281. The van der Waals surface area contributed by atoms with Gasteiger partial charge in [0, 0.05) is 25.7 Å². The quantitative estimate of drug-likeness (QED) is 0.808. The van der Waals surface area contributed by atoms with E-state index in [2.05, 4.69) is 50.4 Å². The van der Waals surface area contributed by atoms with Gasteiger partial charge in [0.05, 0.1) is 5.25 Å². The van der Waals surface area contributed by atoms with Crippen molar-refractivity contribution in [1.82, 2.24) is 15.1 Å². The first-order valence-corrected chi connectivity index (χ1v) is 10.8. The maximum atomic E-state index is 12.7. The van der Waals surface area contributed by atoms with Crippen molar-refractivity contribution in [3.05, 3.63) is 35.4 Å². The predicted octanol–water partition coefficient (Wildman–Crippen LogP) is 4.39. The third kappa shape index (κ3) is 5.66. The minimum Gasteiger partial charge on any atom is -0.333 e. The number of rotatable bonds is 4. The van der Waals surface area contributed by atoms with Crippen LogP contribution in [0.2, 0.25) is 0 Å². The van der Waals surface area contributed by atoms with Gasteiger partial charge in [0.2, 0.25) is 5.91 Å². The van der Waals surface area contributed by atoms with E-state index in [0.29, 0.717) is 13.1 Å². The average Bonchev–Trinajstić information content (AvgIpc) is 2.85. The number of nitrogens with one attached hydrogen (secondary N) is 1. The van der Waals surface area contributed by atoms with E-state index >= 15 is 0 Å². The molecule has 1 aliphatic heterocycles. The Morgan fingerprint density at radius 3 is 2.21 bits per heavy atom. The molecule has 1 heterocycles. The van der Waals surface area contributed by atoms with Gasteiger partial charge in [-0.05, 0) is 44.2 Å². The summed E-state index contributed by atoms with van der Waals surface area (Å²) in [6.45, 7) is 15.4. The first-order valence-electron chi connectivity index (χ1n) is 9.89. The van der Waals surface area contributed by atoms with Crippen LogP contribution in [0.15, 0.2) is 24.3 Å². The van der Waals surface area contributed by atoms with Gasteiger partial charge in [-0.2, -0.15) is 0 Å². The average molecular weight is 406 g/mol. The van der Waals surface area contributed by atoms with Gasteiger partial charge in [0.15, 0.2) is 0 Å². The highest BCUT2D eigenvalue weighted by molar-refractivity contribution is 8.01. The van der Waals surface area contributed by atoms with Crippen molar-refractivity contribution in [2.75, 3.05) is 20.1 Å². The van der Waals surface area contributed by atoms with Gasteiger partial charge in [-0.15, -0.1) is 11.8 Å². The van der Waals surface area contributed by atoms with Crippen LogP contribution < -0.4 is 5.32 Å². The number of hydrogen-bond donors (Lipinski definition) is 1. The third-order valence-corrected chi connectivity index (χ3v) is 6.21. The van der Waals surface area contributed by atoms with Crippen molar-refractivity contribution >= 4 is 23.7 Å². The van der Waals surface area contributed by atoms with E-state index in [-0.39, 0.29) is 33.5 Å². The Balaban J connectivity index is 2.09. The van der Waals surface area contributed by atoms with Crippen LogP contribution in [-0.4, -0.2) is 52.7 Å². The lowest BCUT2D eigenvalue weighted by atomic mass is 9.86. The number of urea groups is 1. The molecule has 6 heteroatoms. The molecule has 0 aromatic heterocycles. The smallest absolute Gasteiger partial charge is 0.317 e. The molecule has 5 nitrogen and oxygen atoms in total. The van der Waals surface area contributed by atoms with Crippen molar-refractivity contribution in [2.24, 2.45) is 0 Å². The number of hydrogen-bond acceptors (Lipinski definition) is 3. The van der Waals surface area contributed by atoms with Crippen molar-refractivity contribution in [1.29, 1.82) is 0 Å². The van der Waals surface area contributed by atoms with Crippen molar-refractivity contribution in [3.8, 4) is 0 Å². The van der Waals surface area contributed by atoms with Gasteiger partial charge in [0.1, 0.15) is 5.37 Å². The number of amides is 3. The van der Waals surface area contributed by atoms with Crippen LogP contribution in [0.3, 0.4) is 0 Å².